The summed E-state index contributed by atoms with van der Waals surface area (Å²) in [5.74, 6) is 1.14. The van der Waals surface area contributed by atoms with E-state index in [2.05, 4.69) is 15.5 Å². The Morgan fingerprint density at radius 3 is 2.78 bits per heavy atom. The fourth-order valence-corrected chi connectivity index (χ4v) is 2.23. The normalized spacial score (nSPS) is 11.0. The number of rotatable bonds is 7. The lowest BCUT2D eigenvalue weighted by Gasteiger charge is -2.14. The van der Waals surface area contributed by atoms with Crippen molar-refractivity contribution in [3.05, 3.63) is 40.6 Å². The molecular formula is C16H21ClN4O2. The minimum absolute atomic E-state index is 0.0537. The summed E-state index contributed by atoms with van der Waals surface area (Å²) in [6, 6.07) is 5.46. The van der Waals surface area contributed by atoms with Gasteiger partial charge in [0.2, 0.25) is 17.7 Å². The average molecular weight is 337 g/mol. The number of amides is 1. The zero-order chi connectivity index (χ0) is 16.8. The van der Waals surface area contributed by atoms with Crippen molar-refractivity contribution in [2.24, 2.45) is 0 Å². The predicted octanol–water partition coefficient (Wildman–Crippen LogP) is 3.05. The first-order valence-corrected chi connectivity index (χ1v) is 7.92. The zero-order valence-corrected chi connectivity index (χ0v) is 14.4. The van der Waals surface area contributed by atoms with Crippen LogP contribution in [0.4, 0.5) is 5.69 Å². The molecule has 0 unspecified atom stereocenters. The van der Waals surface area contributed by atoms with Crippen LogP contribution in [-0.2, 0) is 17.8 Å². The number of carbonyl (C=O) groups is 1. The van der Waals surface area contributed by atoms with Gasteiger partial charge in [-0.2, -0.15) is 0 Å². The molecule has 0 saturated heterocycles. The summed E-state index contributed by atoms with van der Waals surface area (Å²) in [6.07, 6.45) is 1.09. The lowest BCUT2D eigenvalue weighted by Crippen LogP contribution is -2.24. The van der Waals surface area contributed by atoms with Crippen molar-refractivity contribution in [2.45, 2.75) is 33.2 Å². The number of nitrogens with zero attached hydrogens (tertiary/aromatic N) is 3. The molecule has 0 saturated carbocycles. The summed E-state index contributed by atoms with van der Waals surface area (Å²) in [5, 5.41) is 11.4. The molecule has 0 aliphatic heterocycles. The molecule has 2 aromatic rings. The molecule has 0 aliphatic rings. The van der Waals surface area contributed by atoms with E-state index in [1.165, 1.54) is 0 Å². The Kier molecular flexibility index (Phi) is 6.12. The minimum atomic E-state index is -0.0537. The first kappa shape index (κ1) is 17.4. The van der Waals surface area contributed by atoms with Crippen molar-refractivity contribution < 1.29 is 9.21 Å². The Balaban J connectivity index is 1.80. The van der Waals surface area contributed by atoms with Gasteiger partial charge in [0, 0.05) is 30.1 Å². The molecular weight excluding hydrogens is 316 g/mol. The number of anilines is 1. The summed E-state index contributed by atoms with van der Waals surface area (Å²) in [5.41, 5.74) is 1.61. The molecule has 1 aromatic carbocycles. The quantitative estimate of drug-likeness (QED) is 0.841. The SMILES string of the molecule is CCc1nnc(CN(C)CCC(=O)Nc2cccc(Cl)c2C)o1. The van der Waals surface area contributed by atoms with E-state index >= 15 is 0 Å². The van der Waals surface area contributed by atoms with Gasteiger partial charge in [-0.15, -0.1) is 10.2 Å². The topological polar surface area (TPSA) is 71.3 Å². The van der Waals surface area contributed by atoms with Crippen molar-refractivity contribution in [1.29, 1.82) is 0 Å². The van der Waals surface area contributed by atoms with Crippen molar-refractivity contribution in [3.63, 3.8) is 0 Å². The Bertz CT molecular complexity index is 672. The predicted molar refractivity (Wildman–Crippen MR) is 89.4 cm³/mol. The van der Waals surface area contributed by atoms with Crippen molar-refractivity contribution in [3.8, 4) is 0 Å². The molecule has 1 heterocycles. The minimum Gasteiger partial charge on any atom is -0.424 e. The van der Waals surface area contributed by atoms with E-state index in [1.54, 1.807) is 6.07 Å². The maximum Gasteiger partial charge on any atom is 0.230 e. The first-order chi connectivity index (χ1) is 11.0. The van der Waals surface area contributed by atoms with E-state index < -0.39 is 0 Å². The number of aryl methyl sites for hydroxylation is 1. The van der Waals surface area contributed by atoms with Crippen LogP contribution in [0.3, 0.4) is 0 Å². The lowest BCUT2D eigenvalue weighted by molar-refractivity contribution is -0.116. The number of nitrogens with one attached hydrogen (secondary N) is 1. The molecule has 0 radical (unpaired) electrons. The summed E-state index contributed by atoms with van der Waals surface area (Å²) < 4.78 is 5.46. The molecule has 0 atom stereocenters. The van der Waals surface area contributed by atoms with Crippen molar-refractivity contribution in [2.75, 3.05) is 18.9 Å². The molecule has 124 valence electrons. The van der Waals surface area contributed by atoms with E-state index in [9.17, 15) is 4.79 Å². The van der Waals surface area contributed by atoms with E-state index in [0.717, 1.165) is 17.7 Å². The fraction of sp³-hybridized carbons (Fsp3) is 0.438. The third-order valence-electron chi connectivity index (χ3n) is 3.48. The Hall–Kier alpha value is -1.92. The highest BCUT2D eigenvalue weighted by Gasteiger charge is 2.11. The Labute approximate surface area is 140 Å². The maximum absolute atomic E-state index is 12.1. The van der Waals surface area contributed by atoms with Crippen molar-refractivity contribution >= 4 is 23.2 Å². The lowest BCUT2D eigenvalue weighted by atomic mass is 10.2. The molecule has 0 aliphatic carbocycles. The maximum atomic E-state index is 12.1. The number of aromatic nitrogens is 2. The molecule has 1 amide bonds. The van der Waals surface area contributed by atoms with Gasteiger partial charge >= 0.3 is 0 Å². The van der Waals surface area contributed by atoms with Crippen molar-refractivity contribution in [1.82, 2.24) is 15.1 Å². The van der Waals surface area contributed by atoms with Gasteiger partial charge in [-0.3, -0.25) is 9.69 Å². The van der Waals surface area contributed by atoms with Gasteiger partial charge in [0.1, 0.15) is 0 Å². The molecule has 7 heteroatoms. The molecule has 1 N–H and O–H groups in total. The number of carbonyl (C=O) groups excluding carboxylic acids is 1. The first-order valence-electron chi connectivity index (χ1n) is 7.54. The monoisotopic (exact) mass is 336 g/mol. The molecule has 1 aromatic heterocycles. The summed E-state index contributed by atoms with van der Waals surface area (Å²) in [6.45, 7) is 4.96. The number of hydrogen-bond donors (Lipinski definition) is 1. The van der Waals surface area contributed by atoms with Crippen LogP contribution in [0.15, 0.2) is 22.6 Å². The molecule has 0 spiro atoms. The average Bonchev–Trinajstić information content (AvgIpc) is 2.97. The van der Waals surface area contributed by atoms with Gasteiger partial charge in [0.25, 0.3) is 0 Å². The second kappa shape index (κ2) is 8.08. The molecule has 6 nitrogen and oxygen atoms in total. The molecule has 2 rings (SSSR count). The van der Waals surface area contributed by atoms with Crippen LogP contribution in [0, 0.1) is 6.92 Å². The van der Waals surface area contributed by atoms with Crippen LogP contribution in [0.25, 0.3) is 0 Å². The van der Waals surface area contributed by atoms with E-state index in [1.807, 2.05) is 37.9 Å². The Morgan fingerprint density at radius 1 is 1.35 bits per heavy atom. The van der Waals surface area contributed by atoms with Gasteiger partial charge < -0.3 is 9.73 Å². The molecule has 23 heavy (non-hydrogen) atoms. The van der Waals surface area contributed by atoms with Gasteiger partial charge in [-0.05, 0) is 31.7 Å². The second-order valence-corrected chi connectivity index (χ2v) is 5.80. The second-order valence-electron chi connectivity index (χ2n) is 5.39. The van der Waals surface area contributed by atoms with Gasteiger partial charge in [0.05, 0.1) is 6.54 Å². The number of hydrogen-bond acceptors (Lipinski definition) is 5. The summed E-state index contributed by atoms with van der Waals surface area (Å²) >= 11 is 6.05. The molecule has 0 fully saturated rings. The smallest absolute Gasteiger partial charge is 0.230 e. The highest BCUT2D eigenvalue weighted by atomic mass is 35.5. The van der Waals surface area contributed by atoms with E-state index in [-0.39, 0.29) is 5.91 Å². The van der Waals surface area contributed by atoms with Crippen LogP contribution in [-0.4, -0.2) is 34.6 Å². The standard InChI is InChI=1S/C16H21ClN4O2/c1-4-15-19-20-16(23-15)10-21(3)9-8-14(22)18-13-7-5-6-12(17)11(13)2/h5-7H,4,8-10H2,1-3H3,(H,18,22). The van der Waals surface area contributed by atoms with Gasteiger partial charge in [-0.1, -0.05) is 24.6 Å². The van der Waals surface area contributed by atoms with E-state index in [4.69, 9.17) is 16.0 Å². The third-order valence-corrected chi connectivity index (χ3v) is 3.89. The number of halogens is 1. The zero-order valence-electron chi connectivity index (χ0n) is 13.6. The summed E-state index contributed by atoms with van der Waals surface area (Å²) in [7, 11) is 1.91. The third kappa shape index (κ3) is 5.04. The highest BCUT2D eigenvalue weighted by Crippen LogP contribution is 2.22. The van der Waals surface area contributed by atoms with Crippen LogP contribution in [0.2, 0.25) is 5.02 Å². The summed E-state index contributed by atoms with van der Waals surface area (Å²) in [4.78, 5) is 14.0. The van der Waals surface area contributed by atoms with E-state index in [0.29, 0.717) is 36.3 Å². The van der Waals surface area contributed by atoms with Crippen LogP contribution in [0.1, 0.15) is 30.7 Å². The van der Waals surface area contributed by atoms with Crippen LogP contribution < -0.4 is 5.32 Å². The Morgan fingerprint density at radius 2 is 2.09 bits per heavy atom. The highest BCUT2D eigenvalue weighted by molar-refractivity contribution is 6.31. The van der Waals surface area contributed by atoms with Crippen LogP contribution in [0.5, 0.6) is 0 Å². The fourth-order valence-electron chi connectivity index (χ4n) is 2.05. The molecule has 0 bridgehead atoms. The largest absolute Gasteiger partial charge is 0.424 e. The van der Waals surface area contributed by atoms with Crippen LogP contribution >= 0.6 is 11.6 Å². The van der Waals surface area contributed by atoms with Gasteiger partial charge in [-0.25, -0.2) is 0 Å². The van der Waals surface area contributed by atoms with Gasteiger partial charge in [0.15, 0.2) is 0 Å². The number of benzene rings is 1.